The van der Waals surface area contributed by atoms with Crippen molar-refractivity contribution in [3.05, 3.63) is 68.4 Å². The number of fused-ring (bicyclic) bond motifs is 2. The van der Waals surface area contributed by atoms with Crippen LogP contribution in [0.5, 0.6) is 0 Å². The molecule has 0 atom stereocenters. The van der Waals surface area contributed by atoms with Crippen molar-refractivity contribution in [3.63, 3.8) is 0 Å². The quantitative estimate of drug-likeness (QED) is 0.264. The topological polar surface area (TPSA) is 63.2 Å². The third-order valence-electron chi connectivity index (χ3n) is 5.46. The summed E-state index contributed by atoms with van der Waals surface area (Å²) < 4.78 is 28.9. The van der Waals surface area contributed by atoms with Crippen molar-refractivity contribution in [2.75, 3.05) is 5.75 Å². The van der Waals surface area contributed by atoms with Crippen LogP contribution in [-0.2, 0) is 16.4 Å². The van der Waals surface area contributed by atoms with Crippen LogP contribution in [-0.4, -0.2) is 20.1 Å². The summed E-state index contributed by atoms with van der Waals surface area (Å²) >= 11 is 10.0. The third-order valence-corrected chi connectivity index (χ3v) is 9.62. The molecule has 0 aliphatic carbocycles. The van der Waals surface area contributed by atoms with Gasteiger partial charge in [0.25, 0.3) is 5.91 Å². The summed E-state index contributed by atoms with van der Waals surface area (Å²) in [5.74, 6) is -0.625. The lowest BCUT2D eigenvalue weighted by molar-refractivity contribution is 0.0981. The van der Waals surface area contributed by atoms with Gasteiger partial charge in [-0.25, -0.2) is 13.1 Å². The van der Waals surface area contributed by atoms with Gasteiger partial charge in [-0.05, 0) is 48.6 Å². The summed E-state index contributed by atoms with van der Waals surface area (Å²) in [6, 6.07) is 13.5. The number of carbonyl (C=O) groups excluding carboxylic acids is 1. The van der Waals surface area contributed by atoms with Gasteiger partial charge in [-0.3, -0.25) is 4.79 Å². The molecular weight excluding hydrogens is 482 g/mol. The average molecular weight is 506 g/mol. The van der Waals surface area contributed by atoms with Crippen molar-refractivity contribution in [1.82, 2.24) is 4.72 Å². The van der Waals surface area contributed by atoms with Crippen LogP contribution in [0, 0.1) is 6.92 Å². The van der Waals surface area contributed by atoms with Gasteiger partial charge in [-0.1, -0.05) is 49.6 Å². The highest BCUT2D eigenvalue weighted by Crippen LogP contribution is 2.40. The zero-order chi connectivity index (χ0) is 22.9. The molecule has 1 N–H and O–H groups in total. The molecule has 2 aromatic heterocycles. The van der Waals surface area contributed by atoms with Crippen molar-refractivity contribution in [3.8, 4) is 0 Å². The maximum Gasteiger partial charge on any atom is 0.264 e. The van der Waals surface area contributed by atoms with Crippen LogP contribution in [0.2, 0.25) is 5.02 Å². The van der Waals surface area contributed by atoms with E-state index in [1.54, 1.807) is 34.8 Å². The number of carbonyl (C=O) groups is 1. The van der Waals surface area contributed by atoms with Gasteiger partial charge in [0.2, 0.25) is 10.0 Å². The summed E-state index contributed by atoms with van der Waals surface area (Å²) in [5.41, 5.74) is 1.47. The zero-order valence-corrected chi connectivity index (χ0v) is 21.1. The van der Waals surface area contributed by atoms with E-state index in [2.05, 4.69) is 17.7 Å². The van der Waals surface area contributed by atoms with Gasteiger partial charge in [0, 0.05) is 36.5 Å². The van der Waals surface area contributed by atoms with Crippen LogP contribution in [0.3, 0.4) is 0 Å². The molecule has 4 rings (SSSR count). The Morgan fingerprint density at radius 3 is 2.53 bits per heavy atom. The van der Waals surface area contributed by atoms with Crippen LogP contribution in [0.25, 0.3) is 20.2 Å². The predicted octanol–water partition coefficient (Wildman–Crippen LogP) is 6.92. The van der Waals surface area contributed by atoms with E-state index in [1.165, 1.54) is 4.88 Å². The van der Waals surface area contributed by atoms with E-state index >= 15 is 0 Å². The number of amides is 1. The molecule has 0 bridgehead atoms. The third kappa shape index (κ3) is 4.86. The molecular formula is C24H24ClNO3S3. The van der Waals surface area contributed by atoms with E-state index in [4.69, 9.17) is 11.6 Å². The fourth-order valence-electron chi connectivity index (χ4n) is 3.76. The molecule has 0 saturated carbocycles. The molecule has 1 amide bonds. The van der Waals surface area contributed by atoms with Gasteiger partial charge in [0.05, 0.1) is 10.8 Å². The minimum atomic E-state index is -3.64. The van der Waals surface area contributed by atoms with Crippen LogP contribution in [0.15, 0.2) is 42.5 Å². The Kier molecular flexibility index (Phi) is 6.91. The first-order valence-electron chi connectivity index (χ1n) is 10.5. The summed E-state index contributed by atoms with van der Waals surface area (Å²) in [6.07, 6.45) is 2.95. The second kappa shape index (κ2) is 9.51. The first kappa shape index (κ1) is 23.2. The minimum Gasteiger partial charge on any atom is -0.268 e. The number of unbranched alkanes of at least 4 members (excludes halogenated alkanes) is 2. The highest BCUT2D eigenvalue weighted by molar-refractivity contribution is 7.90. The highest BCUT2D eigenvalue weighted by Gasteiger charge is 2.19. The van der Waals surface area contributed by atoms with Gasteiger partial charge in [-0.2, -0.15) is 0 Å². The summed E-state index contributed by atoms with van der Waals surface area (Å²) in [6.45, 7) is 4.08. The van der Waals surface area contributed by atoms with E-state index < -0.39 is 15.9 Å². The SMILES string of the molecule is CCCCCS(=O)(=O)NC(=O)c1ccc2sc(C)c(Cc3sc4ccccc4c3Cl)c2c1. The summed E-state index contributed by atoms with van der Waals surface area (Å²) in [5, 5.41) is 2.80. The van der Waals surface area contributed by atoms with Crippen molar-refractivity contribution >= 4 is 70.4 Å². The van der Waals surface area contributed by atoms with Crippen LogP contribution in [0.4, 0.5) is 0 Å². The van der Waals surface area contributed by atoms with Gasteiger partial charge in [0.1, 0.15) is 0 Å². The van der Waals surface area contributed by atoms with Crippen molar-refractivity contribution < 1.29 is 13.2 Å². The van der Waals surface area contributed by atoms with Crippen molar-refractivity contribution in [2.45, 2.75) is 39.5 Å². The zero-order valence-electron chi connectivity index (χ0n) is 17.9. The molecule has 2 heterocycles. The number of nitrogens with one attached hydrogen (secondary N) is 1. The summed E-state index contributed by atoms with van der Waals surface area (Å²) in [7, 11) is -3.64. The Hall–Kier alpha value is -1.93. The van der Waals surface area contributed by atoms with Gasteiger partial charge in [-0.15, -0.1) is 22.7 Å². The van der Waals surface area contributed by atoms with E-state index in [9.17, 15) is 13.2 Å². The first-order valence-corrected chi connectivity index (χ1v) is 14.2. The summed E-state index contributed by atoms with van der Waals surface area (Å²) in [4.78, 5) is 14.9. The second-order valence-electron chi connectivity index (χ2n) is 7.82. The number of sulfonamides is 1. The number of benzene rings is 2. The predicted molar refractivity (Wildman–Crippen MR) is 137 cm³/mol. The molecule has 0 unspecified atom stereocenters. The molecule has 0 spiro atoms. The Morgan fingerprint density at radius 1 is 1.03 bits per heavy atom. The van der Waals surface area contributed by atoms with Gasteiger partial charge in [0.15, 0.2) is 0 Å². The average Bonchev–Trinajstić information content (AvgIpc) is 3.24. The van der Waals surface area contributed by atoms with Crippen LogP contribution in [0.1, 0.15) is 51.9 Å². The lowest BCUT2D eigenvalue weighted by Crippen LogP contribution is -2.32. The molecule has 0 fully saturated rings. The van der Waals surface area contributed by atoms with Crippen molar-refractivity contribution in [1.29, 1.82) is 0 Å². The Bertz CT molecular complexity index is 1400. The second-order valence-corrected chi connectivity index (χ2v) is 12.4. The maximum absolute atomic E-state index is 12.7. The molecule has 0 saturated heterocycles. The lowest BCUT2D eigenvalue weighted by atomic mass is 10.0. The molecule has 32 heavy (non-hydrogen) atoms. The largest absolute Gasteiger partial charge is 0.268 e. The fraction of sp³-hybridized carbons (Fsp3) is 0.292. The maximum atomic E-state index is 12.7. The van der Waals surface area contributed by atoms with E-state index in [-0.39, 0.29) is 5.75 Å². The van der Waals surface area contributed by atoms with E-state index in [0.717, 1.165) is 48.5 Å². The number of thiophene rings is 2. The molecule has 4 nitrogen and oxygen atoms in total. The first-order chi connectivity index (χ1) is 15.3. The number of halogens is 1. The lowest BCUT2D eigenvalue weighted by Gasteiger charge is -2.07. The Labute approximate surface area is 201 Å². The Morgan fingerprint density at radius 2 is 1.78 bits per heavy atom. The van der Waals surface area contributed by atoms with Gasteiger partial charge < -0.3 is 0 Å². The number of hydrogen-bond donors (Lipinski definition) is 1. The Balaban J connectivity index is 1.63. The molecule has 0 aliphatic rings. The standard InChI is InChI=1S/C24H24ClNO3S3/c1-3-4-7-12-32(28,29)26-24(27)16-10-11-21-19(13-16)18(15(2)30-21)14-22-23(25)17-8-5-6-9-20(17)31-22/h5-6,8-11,13H,3-4,7,12,14H2,1-2H3,(H,26,27). The fourth-order valence-corrected chi connectivity index (χ4v) is 7.43. The molecule has 168 valence electrons. The number of aryl methyl sites for hydroxylation is 1. The molecule has 2 aromatic carbocycles. The molecule has 0 aliphatic heterocycles. The monoisotopic (exact) mass is 505 g/mol. The number of hydrogen-bond acceptors (Lipinski definition) is 5. The smallest absolute Gasteiger partial charge is 0.264 e. The van der Waals surface area contributed by atoms with Crippen LogP contribution >= 0.6 is 34.3 Å². The van der Waals surface area contributed by atoms with Crippen molar-refractivity contribution in [2.24, 2.45) is 0 Å². The molecule has 8 heteroatoms. The molecule has 0 radical (unpaired) electrons. The minimum absolute atomic E-state index is 0.0396. The van der Waals surface area contributed by atoms with E-state index in [1.807, 2.05) is 31.2 Å². The molecule has 4 aromatic rings. The van der Waals surface area contributed by atoms with Gasteiger partial charge >= 0.3 is 0 Å². The highest BCUT2D eigenvalue weighted by atomic mass is 35.5. The van der Waals surface area contributed by atoms with Crippen LogP contribution < -0.4 is 4.72 Å². The normalized spacial score (nSPS) is 12.0. The number of rotatable bonds is 8. The van der Waals surface area contributed by atoms with E-state index in [0.29, 0.717) is 18.4 Å².